The fourth-order valence-corrected chi connectivity index (χ4v) is 1.03. The molecule has 0 unspecified atom stereocenters. The molecule has 0 rings (SSSR count). The van der Waals surface area contributed by atoms with Gasteiger partial charge in [-0.05, 0) is 19.3 Å². The SMILES string of the molecule is C=C(CCC)C(=O)O.OCCCC(CO)CO. The highest BCUT2D eigenvalue weighted by molar-refractivity contribution is 5.85. The molecule has 5 heteroatoms. The van der Waals surface area contributed by atoms with Gasteiger partial charge in [0, 0.05) is 31.3 Å². The second-order valence-electron chi connectivity index (χ2n) is 3.76. The molecule has 0 aromatic carbocycles. The van der Waals surface area contributed by atoms with Gasteiger partial charge in [0.05, 0.1) is 0 Å². The van der Waals surface area contributed by atoms with Crippen LogP contribution >= 0.6 is 0 Å². The van der Waals surface area contributed by atoms with Crippen LogP contribution in [0.15, 0.2) is 12.2 Å². The Kier molecular flexibility index (Phi) is 14.3. The monoisotopic (exact) mass is 248 g/mol. The average Bonchev–Trinajstić information content (AvgIpc) is 2.31. The molecule has 0 aliphatic rings. The van der Waals surface area contributed by atoms with Crippen molar-refractivity contribution in [3.05, 3.63) is 12.2 Å². The van der Waals surface area contributed by atoms with E-state index in [0.717, 1.165) is 6.42 Å². The standard InChI is InChI=1S/C6H14O3.C6H10O2/c7-3-1-2-6(4-8)5-9;1-3-4-5(2)6(7)8/h6-9H,1-5H2;2-4H2,1H3,(H,7,8). The molecular formula is C12H24O5. The summed E-state index contributed by atoms with van der Waals surface area (Å²) >= 11 is 0. The Bertz CT molecular complexity index is 199. The second kappa shape index (κ2) is 13.2. The number of carboxylic acids is 1. The predicted molar refractivity (Wildman–Crippen MR) is 65.7 cm³/mol. The van der Waals surface area contributed by atoms with Crippen molar-refractivity contribution in [1.29, 1.82) is 0 Å². The van der Waals surface area contributed by atoms with E-state index in [1.807, 2.05) is 6.92 Å². The fourth-order valence-electron chi connectivity index (χ4n) is 1.03. The Morgan fingerprint density at radius 2 is 1.76 bits per heavy atom. The van der Waals surface area contributed by atoms with E-state index in [0.29, 0.717) is 24.8 Å². The first-order valence-corrected chi connectivity index (χ1v) is 5.77. The maximum absolute atomic E-state index is 9.99. The largest absolute Gasteiger partial charge is 0.478 e. The lowest BCUT2D eigenvalue weighted by Crippen LogP contribution is -2.11. The third kappa shape index (κ3) is 13.0. The van der Waals surface area contributed by atoms with E-state index >= 15 is 0 Å². The molecule has 102 valence electrons. The molecule has 4 N–H and O–H groups in total. The molecule has 0 aliphatic carbocycles. The number of carbonyl (C=O) groups is 1. The van der Waals surface area contributed by atoms with E-state index in [2.05, 4.69) is 6.58 Å². The maximum Gasteiger partial charge on any atom is 0.330 e. The van der Waals surface area contributed by atoms with E-state index in [-0.39, 0.29) is 25.7 Å². The number of aliphatic hydroxyl groups is 3. The summed E-state index contributed by atoms with van der Waals surface area (Å²) < 4.78 is 0. The molecule has 17 heavy (non-hydrogen) atoms. The molecule has 0 spiro atoms. The van der Waals surface area contributed by atoms with Crippen molar-refractivity contribution in [2.45, 2.75) is 32.6 Å². The van der Waals surface area contributed by atoms with Crippen molar-refractivity contribution < 1.29 is 25.2 Å². The molecule has 0 radical (unpaired) electrons. The van der Waals surface area contributed by atoms with E-state index in [1.165, 1.54) is 0 Å². The van der Waals surface area contributed by atoms with Crippen LogP contribution in [0.25, 0.3) is 0 Å². The first-order chi connectivity index (χ1) is 8.03. The summed E-state index contributed by atoms with van der Waals surface area (Å²) in [5.41, 5.74) is 0.299. The van der Waals surface area contributed by atoms with Gasteiger partial charge < -0.3 is 20.4 Å². The molecule has 0 heterocycles. The van der Waals surface area contributed by atoms with Crippen molar-refractivity contribution >= 4 is 5.97 Å². The van der Waals surface area contributed by atoms with Crippen molar-refractivity contribution in [3.8, 4) is 0 Å². The zero-order valence-electron chi connectivity index (χ0n) is 10.4. The Balaban J connectivity index is 0. The lowest BCUT2D eigenvalue weighted by atomic mass is 10.1. The van der Waals surface area contributed by atoms with Crippen LogP contribution in [-0.2, 0) is 4.79 Å². The minimum Gasteiger partial charge on any atom is -0.478 e. The molecule has 0 bridgehead atoms. The van der Waals surface area contributed by atoms with Gasteiger partial charge in [-0.2, -0.15) is 0 Å². The van der Waals surface area contributed by atoms with Crippen molar-refractivity contribution in [2.24, 2.45) is 5.92 Å². The van der Waals surface area contributed by atoms with E-state index in [1.54, 1.807) is 0 Å². The van der Waals surface area contributed by atoms with Crippen molar-refractivity contribution in [2.75, 3.05) is 19.8 Å². The van der Waals surface area contributed by atoms with Crippen LogP contribution in [0.4, 0.5) is 0 Å². The summed E-state index contributed by atoms with van der Waals surface area (Å²) in [6, 6.07) is 0. The highest BCUT2D eigenvalue weighted by Crippen LogP contribution is 2.02. The maximum atomic E-state index is 9.99. The summed E-state index contributed by atoms with van der Waals surface area (Å²) in [6.45, 7) is 5.43. The summed E-state index contributed by atoms with van der Waals surface area (Å²) in [5, 5.41) is 33.6. The van der Waals surface area contributed by atoms with Gasteiger partial charge in [0.1, 0.15) is 0 Å². The third-order valence-corrected chi connectivity index (χ3v) is 2.14. The van der Waals surface area contributed by atoms with Gasteiger partial charge >= 0.3 is 5.97 Å². The predicted octanol–water partition coefficient (Wildman–Crippen LogP) is 0.787. The van der Waals surface area contributed by atoms with Gasteiger partial charge in [-0.25, -0.2) is 4.79 Å². The molecule has 5 nitrogen and oxygen atoms in total. The Morgan fingerprint density at radius 1 is 1.24 bits per heavy atom. The molecule has 0 saturated heterocycles. The third-order valence-electron chi connectivity index (χ3n) is 2.14. The van der Waals surface area contributed by atoms with E-state index < -0.39 is 5.97 Å². The highest BCUT2D eigenvalue weighted by atomic mass is 16.4. The number of aliphatic hydroxyl groups excluding tert-OH is 3. The Morgan fingerprint density at radius 3 is 2.00 bits per heavy atom. The van der Waals surface area contributed by atoms with Gasteiger partial charge in [0.25, 0.3) is 0 Å². The van der Waals surface area contributed by atoms with E-state index in [9.17, 15) is 4.79 Å². The first kappa shape index (κ1) is 18.5. The summed E-state index contributed by atoms with van der Waals surface area (Å²) in [7, 11) is 0. The summed E-state index contributed by atoms with van der Waals surface area (Å²) in [6.07, 6.45) is 2.80. The molecule has 0 aromatic rings. The number of aliphatic carboxylic acids is 1. The number of carboxylic acid groups (broad SMARTS) is 1. The zero-order chi connectivity index (χ0) is 13.7. The molecule has 0 amide bonds. The topological polar surface area (TPSA) is 98.0 Å². The van der Waals surface area contributed by atoms with Crippen LogP contribution in [0.5, 0.6) is 0 Å². The molecule has 0 saturated carbocycles. The van der Waals surface area contributed by atoms with Crippen molar-refractivity contribution in [3.63, 3.8) is 0 Å². The normalized spacial score (nSPS) is 9.71. The Hall–Kier alpha value is -0.910. The van der Waals surface area contributed by atoms with Crippen LogP contribution in [0.2, 0.25) is 0 Å². The molecule has 0 aliphatic heterocycles. The molecule has 0 fully saturated rings. The van der Waals surface area contributed by atoms with Crippen LogP contribution in [-0.4, -0.2) is 46.2 Å². The number of hydrogen-bond acceptors (Lipinski definition) is 4. The average molecular weight is 248 g/mol. The van der Waals surface area contributed by atoms with Gasteiger partial charge in [0.15, 0.2) is 0 Å². The lowest BCUT2D eigenvalue weighted by molar-refractivity contribution is -0.132. The first-order valence-electron chi connectivity index (χ1n) is 5.77. The molecule has 0 atom stereocenters. The van der Waals surface area contributed by atoms with Gasteiger partial charge in [-0.3, -0.25) is 0 Å². The number of hydrogen-bond donors (Lipinski definition) is 4. The second-order valence-corrected chi connectivity index (χ2v) is 3.76. The van der Waals surface area contributed by atoms with Crippen LogP contribution in [0.3, 0.4) is 0 Å². The minimum atomic E-state index is -0.883. The lowest BCUT2D eigenvalue weighted by Gasteiger charge is -2.07. The number of rotatable bonds is 8. The Labute approximate surface area is 102 Å². The van der Waals surface area contributed by atoms with Gasteiger partial charge in [-0.1, -0.05) is 19.9 Å². The van der Waals surface area contributed by atoms with E-state index in [4.69, 9.17) is 20.4 Å². The highest BCUT2D eigenvalue weighted by Gasteiger charge is 2.03. The van der Waals surface area contributed by atoms with Gasteiger partial charge in [-0.15, -0.1) is 0 Å². The molecule has 0 aromatic heterocycles. The zero-order valence-corrected chi connectivity index (χ0v) is 10.4. The minimum absolute atomic E-state index is 0.0104. The van der Waals surface area contributed by atoms with Crippen LogP contribution in [0.1, 0.15) is 32.6 Å². The fraction of sp³-hybridized carbons (Fsp3) is 0.750. The van der Waals surface area contributed by atoms with Crippen LogP contribution < -0.4 is 0 Å². The smallest absolute Gasteiger partial charge is 0.330 e. The molecular weight excluding hydrogens is 224 g/mol. The van der Waals surface area contributed by atoms with Crippen LogP contribution in [0, 0.1) is 5.92 Å². The quantitative estimate of drug-likeness (QED) is 0.476. The van der Waals surface area contributed by atoms with Gasteiger partial charge in [0.2, 0.25) is 0 Å². The summed E-state index contributed by atoms with van der Waals surface area (Å²) in [5.74, 6) is -0.927. The van der Waals surface area contributed by atoms with Crippen molar-refractivity contribution in [1.82, 2.24) is 0 Å². The summed E-state index contributed by atoms with van der Waals surface area (Å²) in [4.78, 5) is 9.99.